The van der Waals surface area contributed by atoms with Gasteiger partial charge in [0.25, 0.3) is 0 Å². The molecule has 0 radical (unpaired) electrons. The number of hydrogen-bond donors (Lipinski definition) is 0. The van der Waals surface area contributed by atoms with E-state index >= 15 is 0 Å². The topological polar surface area (TPSA) is 37.4 Å². The Hall–Kier alpha value is -0.760. The summed E-state index contributed by atoms with van der Waals surface area (Å²) in [6.07, 6.45) is 0.675. The Kier molecular flexibility index (Phi) is 3.94. The molecule has 0 spiro atoms. The summed E-state index contributed by atoms with van der Waals surface area (Å²) in [5.74, 6) is -0.729. The van der Waals surface area contributed by atoms with Gasteiger partial charge >= 0.3 is 0 Å². The Morgan fingerprint density at radius 2 is 2.14 bits per heavy atom. The predicted octanol–water partition coefficient (Wildman–Crippen LogP) is 3.96. The maximum Gasteiger partial charge on any atom is 0.246 e. The van der Waals surface area contributed by atoms with Crippen LogP contribution in [-0.4, -0.2) is 19.3 Å². The van der Waals surface area contributed by atoms with Crippen molar-refractivity contribution in [2.24, 2.45) is 0 Å². The summed E-state index contributed by atoms with van der Waals surface area (Å²) in [6.45, 7) is 2.23. The molecule has 0 amide bonds. The van der Waals surface area contributed by atoms with Crippen LogP contribution in [0.2, 0.25) is 0 Å². The predicted molar refractivity (Wildman–Crippen MR) is 84.4 cm³/mol. The van der Waals surface area contributed by atoms with Crippen LogP contribution in [0, 0.1) is 5.82 Å². The Morgan fingerprint density at radius 1 is 1.38 bits per heavy atom. The van der Waals surface area contributed by atoms with Crippen molar-refractivity contribution in [3.63, 3.8) is 0 Å². The summed E-state index contributed by atoms with van der Waals surface area (Å²) in [5.41, 5.74) is 1.02. The lowest BCUT2D eigenvalue weighted by atomic mass is 10.0. The third kappa shape index (κ3) is 2.56. The van der Waals surface area contributed by atoms with Gasteiger partial charge in [0.15, 0.2) is 0 Å². The molecule has 0 bridgehead atoms. The van der Waals surface area contributed by atoms with Gasteiger partial charge in [0.1, 0.15) is 10.7 Å². The first-order valence-electron chi connectivity index (χ1n) is 6.44. The zero-order valence-electron chi connectivity index (χ0n) is 11.2. The fourth-order valence-electron chi connectivity index (χ4n) is 2.63. The molecule has 1 aliphatic heterocycles. The first kappa shape index (κ1) is 15.1. The van der Waals surface area contributed by atoms with Crippen LogP contribution in [0.25, 0.3) is 0 Å². The van der Waals surface area contributed by atoms with Gasteiger partial charge in [-0.05, 0) is 48.6 Å². The molecule has 0 saturated heterocycles. The summed E-state index contributed by atoms with van der Waals surface area (Å²) in [6, 6.07) is 5.71. The fraction of sp³-hybridized carbons (Fsp3) is 0.286. The van der Waals surface area contributed by atoms with Crippen LogP contribution in [0.4, 0.5) is 4.39 Å². The van der Waals surface area contributed by atoms with Crippen molar-refractivity contribution in [3.05, 3.63) is 50.4 Å². The van der Waals surface area contributed by atoms with Gasteiger partial charge in [-0.2, -0.15) is 4.31 Å². The Bertz CT molecular complexity index is 788. The highest BCUT2D eigenvalue weighted by molar-refractivity contribution is 9.10. The molecule has 1 aliphatic rings. The average molecular weight is 390 g/mol. The minimum Gasteiger partial charge on any atom is -0.207 e. The molecule has 0 N–H and O–H groups in total. The number of halogens is 2. The zero-order chi connectivity index (χ0) is 15.2. The number of hydrogen-bond acceptors (Lipinski definition) is 3. The normalized spacial score (nSPS) is 19.5. The van der Waals surface area contributed by atoms with Crippen molar-refractivity contribution in [1.29, 1.82) is 0 Å². The van der Waals surface area contributed by atoms with Crippen molar-refractivity contribution in [2.75, 3.05) is 6.54 Å². The molecule has 1 aromatic heterocycles. The maximum atomic E-state index is 14.0. The number of sulfonamides is 1. The highest BCUT2D eigenvalue weighted by atomic mass is 79.9. The standard InChI is InChI=1S/C14H13BrFNO2S2/c1-9-11-5-7-20-13(11)4-6-17(9)21(18,19)14-3-2-10(15)8-12(14)16/h2-3,5,7-9H,4,6H2,1H3. The lowest BCUT2D eigenvalue weighted by Gasteiger charge is -2.32. The molecule has 112 valence electrons. The molecule has 21 heavy (non-hydrogen) atoms. The van der Waals surface area contributed by atoms with Gasteiger partial charge in [0.2, 0.25) is 10.0 Å². The van der Waals surface area contributed by atoms with E-state index in [0.717, 1.165) is 5.56 Å². The minimum absolute atomic E-state index is 0.267. The number of rotatable bonds is 2. The van der Waals surface area contributed by atoms with E-state index in [-0.39, 0.29) is 10.9 Å². The maximum absolute atomic E-state index is 14.0. The smallest absolute Gasteiger partial charge is 0.207 e. The third-order valence-electron chi connectivity index (χ3n) is 3.70. The van der Waals surface area contributed by atoms with E-state index in [2.05, 4.69) is 15.9 Å². The summed E-state index contributed by atoms with van der Waals surface area (Å²) in [4.78, 5) is 0.946. The molecule has 0 aliphatic carbocycles. The van der Waals surface area contributed by atoms with Gasteiger partial charge < -0.3 is 0 Å². The van der Waals surface area contributed by atoms with Crippen LogP contribution in [0.5, 0.6) is 0 Å². The Morgan fingerprint density at radius 3 is 2.86 bits per heavy atom. The second-order valence-corrected chi connectivity index (χ2v) is 8.69. The van der Waals surface area contributed by atoms with Gasteiger partial charge in [-0.1, -0.05) is 15.9 Å². The van der Waals surface area contributed by atoms with E-state index in [1.54, 1.807) is 17.4 Å². The second kappa shape index (κ2) is 5.46. The SMILES string of the molecule is CC1c2ccsc2CCN1S(=O)(=O)c1ccc(Br)cc1F. The molecular weight excluding hydrogens is 377 g/mol. The quantitative estimate of drug-likeness (QED) is 0.779. The molecule has 1 atom stereocenters. The van der Waals surface area contributed by atoms with Gasteiger partial charge in [-0.3, -0.25) is 0 Å². The number of thiophene rings is 1. The van der Waals surface area contributed by atoms with E-state index in [0.29, 0.717) is 17.4 Å². The van der Waals surface area contributed by atoms with Crippen molar-refractivity contribution in [2.45, 2.75) is 24.3 Å². The molecule has 1 aromatic carbocycles. The van der Waals surface area contributed by atoms with Crippen molar-refractivity contribution < 1.29 is 12.8 Å². The van der Waals surface area contributed by atoms with Gasteiger partial charge in [0, 0.05) is 21.9 Å². The fourth-order valence-corrected chi connectivity index (χ4v) is 5.58. The van der Waals surface area contributed by atoms with Crippen molar-refractivity contribution >= 4 is 37.3 Å². The number of fused-ring (bicyclic) bond motifs is 1. The lowest BCUT2D eigenvalue weighted by Crippen LogP contribution is -2.38. The van der Waals surface area contributed by atoms with Gasteiger partial charge in [0.05, 0.1) is 0 Å². The first-order chi connectivity index (χ1) is 9.91. The van der Waals surface area contributed by atoms with Crippen LogP contribution >= 0.6 is 27.3 Å². The van der Waals surface area contributed by atoms with E-state index < -0.39 is 15.8 Å². The van der Waals surface area contributed by atoms with E-state index in [4.69, 9.17) is 0 Å². The van der Waals surface area contributed by atoms with Gasteiger partial charge in [-0.25, -0.2) is 12.8 Å². The second-order valence-electron chi connectivity index (χ2n) is 4.92. The van der Waals surface area contributed by atoms with Crippen molar-refractivity contribution in [1.82, 2.24) is 4.31 Å². The monoisotopic (exact) mass is 389 g/mol. The van der Waals surface area contributed by atoms with Crippen LogP contribution < -0.4 is 0 Å². The van der Waals surface area contributed by atoms with Gasteiger partial charge in [-0.15, -0.1) is 11.3 Å². The Balaban J connectivity index is 2.03. The highest BCUT2D eigenvalue weighted by Gasteiger charge is 2.35. The third-order valence-corrected chi connectivity index (χ3v) is 7.19. The molecule has 0 fully saturated rings. The van der Waals surface area contributed by atoms with E-state index in [9.17, 15) is 12.8 Å². The van der Waals surface area contributed by atoms with Crippen LogP contribution in [0.3, 0.4) is 0 Å². The molecule has 0 saturated carbocycles. The number of nitrogens with zero attached hydrogens (tertiary/aromatic N) is 1. The van der Waals surface area contributed by atoms with Crippen molar-refractivity contribution in [3.8, 4) is 0 Å². The first-order valence-corrected chi connectivity index (χ1v) is 9.55. The molecule has 3 rings (SSSR count). The van der Waals surface area contributed by atoms with E-state index in [1.807, 2.05) is 18.4 Å². The summed E-state index contributed by atoms with van der Waals surface area (Å²) < 4.78 is 41.4. The minimum atomic E-state index is -3.84. The molecule has 7 heteroatoms. The summed E-state index contributed by atoms with van der Waals surface area (Å²) in [7, 11) is -3.84. The van der Waals surface area contributed by atoms with Crippen LogP contribution in [0.15, 0.2) is 39.0 Å². The highest BCUT2D eigenvalue weighted by Crippen LogP contribution is 2.36. The molecule has 2 aromatic rings. The molecule has 2 heterocycles. The zero-order valence-corrected chi connectivity index (χ0v) is 14.4. The Labute approximate surface area is 135 Å². The molecule has 3 nitrogen and oxygen atoms in total. The number of benzene rings is 1. The van der Waals surface area contributed by atoms with Crippen LogP contribution in [-0.2, 0) is 16.4 Å². The summed E-state index contributed by atoms with van der Waals surface area (Å²) in [5, 5.41) is 1.97. The summed E-state index contributed by atoms with van der Waals surface area (Å²) >= 11 is 4.78. The van der Waals surface area contributed by atoms with Crippen LogP contribution in [0.1, 0.15) is 23.4 Å². The molecule has 1 unspecified atom stereocenters. The lowest BCUT2D eigenvalue weighted by molar-refractivity contribution is 0.327. The molecular formula is C14H13BrFNO2S2. The average Bonchev–Trinajstić information content (AvgIpc) is 2.87. The van der Waals surface area contributed by atoms with E-state index in [1.165, 1.54) is 21.3 Å². The largest absolute Gasteiger partial charge is 0.246 e.